The standard InChI is InChI=1S/C22H25N3O2/c1-16-4-6-17(7-5-16)21-11-23-15-24-22(21)18-3-2-10-25(12-18)13-19-8-9-20(14-26)27-19/h4-9,11,15,18,26H,2-3,10,12-14H2,1H3. The normalized spacial score (nSPS) is 17.9. The highest BCUT2D eigenvalue weighted by atomic mass is 16.4. The number of aryl methyl sites for hydroxylation is 1. The van der Waals surface area contributed by atoms with Crippen LogP contribution in [0.4, 0.5) is 0 Å². The number of aliphatic hydroxyl groups excluding tert-OH is 1. The number of furan rings is 1. The minimum Gasteiger partial charge on any atom is -0.462 e. The van der Waals surface area contributed by atoms with Gasteiger partial charge in [0, 0.05) is 24.2 Å². The van der Waals surface area contributed by atoms with Gasteiger partial charge in [0.1, 0.15) is 24.5 Å². The molecule has 0 bridgehead atoms. The second kappa shape index (κ2) is 8.03. The Morgan fingerprint density at radius 2 is 1.96 bits per heavy atom. The summed E-state index contributed by atoms with van der Waals surface area (Å²) in [5.41, 5.74) is 4.69. The molecule has 0 aliphatic carbocycles. The van der Waals surface area contributed by atoms with E-state index in [1.165, 1.54) is 11.1 Å². The number of hydrogen-bond donors (Lipinski definition) is 1. The Bertz CT molecular complexity index is 889. The molecule has 1 saturated heterocycles. The van der Waals surface area contributed by atoms with Gasteiger partial charge in [-0.15, -0.1) is 0 Å². The van der Waals surface area contributed by atoms with E-state index in [4.69, 9.17) is 4.42 Å². The van der Waals surface area contributed by atoms with Crippen LogP contribution < -0.4 is 0 Å². The van der Waals surface area contributed by atoms with Crippen LogP contribution >= 0.6 is 0 Å². The van der Waals surface area contributed by atoms with Crippen molar-refractivity contribution in [2.75, 3.05) is 13.1 Å². The molecule has 4 rings (SSSR count). The Hall–Kier alpha value is -2.50. The van der Waals surface area contributed by atoms with Crippen LogP contribution in [0.2, 0.25) is 0 Å². The summed E-state index contributed by atoms with van der Waals surface area (Å²) >= 11 is 0. The molecule has 0 saturated carbocycles. The van der Waals surface area contributed by atoms with E-state index >= 15 is 0 Å². The summed E-state index contributed by atoms with van der Waals surface area (Å²) < 4.78 is 5.66. The molecule has 1 N–H and O–H groups in total. The second-order valence-electron chi connectivity index (χ2n) is 7.29. The van der Waals surface area contributed by atoms with Crippen LogP contribution in [0.5, 0.6) is 0 Å². The summed E-state index contributed by atoms with van der Waals surface area (Å²) in [7, 11) is 0. The molecule has 1 atom stereocenters. The average Bonchev–Trinajstić information content (AvgIpc) is 3.16. The molecule has 0 spiro atoms. The summed E-state index contributed by atoms with van der Waals surface area (Å²) in [5.74, 6) is 1.91. The lowest BCUT2D eigenvalue weighted by atomic mass is 9.90. The van der Waals surface area contributed by atoms with Gasteiger partial charge in [0.15, 0.2) is 0 Å². The average molecular weight is 363 g/mol. The van der Waals surface area contributed by atoms with E-state index < -0.39 is 0 Å². The maximum Gasteiger partial charge on any atom is 0.129 e. The van der Waals surface area contributed by atoms with Crippen LogP contribution in [0.1, 0.15) is 41.5 Å². The minimum absolute atomic E-state index is 0.0521. The highest BCUT2D eigenvalue weighted by Gasteiger charge is 2.25. The maximum absolute atomic E-state index is 9.18. The van der Waals surface area contributed by atoms with Gasteiger partial charge in [-0.25, -0.2) is 9.97 Å². The molecule has 3 heterocycles. The smallest absolute Gasteiger partial charge is 0.129 e. The van der Waals surface area contributed by atoms with Crippen molar-refractivity contribution in [2.45, 2.75) is 38.8 Å². The number of aliphatic hydroxyl groups is 1. The van der Waals surface area contributed by atoms with Crippen molar-refractivity contribution in [3.05, 3.63) is 71.7 Å². The molecule has 1 aliphatic rings. The monoisotopic (exact) mass is 363 g/mol. The van der Waals surface area contributed by atoms with Gasteiger partial charge in [0.2, 0.25) is 0 Å². The van der Waals surface area contributed by atoms with Crippen molar-refractivity contribution < 1.29 is 9.52 Å². The summed E-state index contributed by atoms with van der Waals surface area (Å²) in [4.78, 5) is 11.4. The Morgan fingerprint density at radius 1 is 1.15 bits per heavy atom. The minimum atomic E-state index is -0.0521. The largest absolute Gasteiger partial charge is 0.462 e. The Morgan fingerprint density at radius 3 is 2.74 bits per heavy atom. The number of piperidine rings is 1. The van der Waals surface area contributed by atoms with E-state index in [0.717, 1.165) is 49.5 Å². The predicted octanol–water partition coefficient (Wildman–Crippen LogP) is 3.92. The third kappa shape index (κ3) is 4.10. The fraction of sp³-hybridized carbons (Fsp3) is 0.364. The fourth-order valence-corrected chi connectivity index (χ4v) is 3.85. The summed E-state index contributed by atoms with van der Waals surface area (Å²) in [5, 5.41) is 9.18. The first kappa shape index (κ1) is 17.9. The van der Waals surface area contributed by atoms with Crippen molar-refractivity contribution in [3.8, 4) is 11.1 Å². The lowest BCUT2D eigenvalue weighted by molar-refractivity contribution is 0.179. The first-order valence-corrected chi connectivity index (χ1v) is 9.50. The molecule has 1 aromatic carbocycles. The van der Waals surface area contributed by atoms with E-state index in [1.54, 1.807) is 6.33 Å². The molecule has 27 heavy (non-hydrogen) atoms. The number of aromatic nitrogens is 2. The molecule has 5 nitrogen and oxygen atoms in total. The molecular weight excluding hydrogens is 338 g/mol. The molecule has 0 radical (unpaired) electrons. The topological polar surface area (TPSA) is 62.4 Å². The molecule has 2 aromatic heterocycles. The molecule has 1 unspecified atom stereocenters. The van der Waals surface area contributed by atoms with Crippen LogP contribution in [0.15, 0.2) is 53.3 Å². The van der Waals surface area contributed by atoms with Crippen molar-refractivity contribution in [2.24, 2.45) is 0 Å². The molecular formula is C22H25N3O2. The highest BCUT2D eigenvalue weighted by Crippen LogP contribution is 2.33. The van der Waals surface area contributed by atoms with E-state index in [2.05, 4.69) is 46.1 Å². The molecule has 140 valence electrons. The van der Waals surface area contributed by atoms with Gasteiger partial charge in [-0.05, 0) is 44.0 Å². The van der Waals surface area contributed by atoms with Crippen LogP contribution in [-0.4, -0.2) is 33.1 Å². The molecule has 0 amide bonds. The van der Waals surface area contributed by atoms with Gasteiger partial charge in [-0.2, -0.15) is 0 Å². The lowest BCUT2D eigenvalue weighted by Gasteiger charge is -2.32. The lowest BCUT2D eigenvalue weighted by Crippen LogP contribution is -2.34. The van der Waals surface area contributed by atoms with Gasteiger partial charge >= 0.3 is 0 Å². The first-order chi connectivity index (χ1) is 13.2. The zero-order valence-electron chi connectivity index (χ0n) is 15.6. The summed E-state index contributed by atoms with van der Waals surface area (Å²) in [6.07, 6.45) is 5.86. The number of likely N-dealkylation sites (tertiary alicyclic amines) is 1. The highest BCUT2D eigenvalue weighted by molar-refractivity contribution is 5.65. The first-order valence-electron chi connectivity index (χ1n) is 9.50. The van der Waals surface area contributed by atoms with Gasteiger partial charge in [-0.1, -0.05) is 29.8 Å². The predicted molar refractivity (Wildman–Crippen MR) is 104 cm³/mol. The van der Waals surface area contributed by atoms with Gasteiger partial charge < -0.3 is 9.52 Å². The number of hydrogen-bond acceptors (Lipinski definition) is 5. The Kier molecular flexibility index (Phi) is 5.32. The summed E-state index contributed by atoms with van der Waals surface area (Å²) in [6.45, 7) is 4.81. The quantitative estimate of drug-likeness (QED) is 0.744. The zero-order chi connectivity index (χ0) is 18.6. The van der Waals surface area contributed by atoms with Crippen molar-refractivity contribution in [1.29, 1.82) is 0 Å². The third-order valence-corrected chi connectivity index (χ3v) is 5.25. The second-order valence-corrected chi connectivity index (χ2v) is 7.29. The number of nitrogens with zero attached hydrogens (tertiary/aromatic N) is 3. The van der Waals surface area contributed by atoms with E-state index in [9.17, 15) is 5.11 Å². The van der Waals surface area contributed by atoms with E-state index in [-0.39, 0.29) is 6.61 Å². The molecule has 1 fully saturated rings. The van der Waals surface area contributed by atoms with E-state index in [1.807, 2.05) is 18.3 Å². The van der Waals surface area contributed by atoms with Gasteiger partial charge in [0.05, 0.1) is 12.2 Å². The Balaban J connectivity index is 1.53. The van der Waals surface area contributed by atoms with Crippen molar-refractivity contribution in [1.82, 2.24) is 14.9 Å². The van der Waals surface area contributed by atoms with Crippen molar-refractivity contribution in [3.63, 3.8) is 0 Å². The SMILES string of the molecule is Cc1ccc(-c2cncnc2C2CCCN(Cc3ccc(CO)o3)C2)cc1. The zero-order valence-corrected chi connectivity index (χ0v) is 15.6. The van der Waals surface area contributed by atoms with Crippen LogP contribution in [-0.2, 0) is 13.2 Å². The van der Waals surface area contributed by atoms with Crippen LogP contribution in [0.3, 0.4) is 0 Å². The number of benzene rings is 1. The van der Waals surface area contributed by atoms with Crippen LogP contribution in [0.25, 0.3) is 11.1 Å². The summed E-state index contributed by atoms with van der Waals surface area (Å²) in [6, 6.07) is 12.4. The van der Waals surface area contributed by atoms with Crippen LogP contribution in [0, 0.1) is 6.92 Å². The third-order valence-electron chi connectivity index (χ3n) is 5.25. The van der Waals surface area contributed by atoms with Gasteiger partial charge in [0.25, 0.3) is 0 Å². The van der Waals surface area contributed by atoms with Gasteiger partial charge in [-0.3, -0.25) is 4.90 Å². The molecule has 3 aromatic rings. The molecule has 1 aliphatic heterocycles. The molecule has 5 heteroatoms. The number of rotatable bonds is 5. The Labute approximate surface area is 159 Å². The fourth-order valence-electron chi connectivity index (χ4n) is 3.85. The maximum atomic E-state index is 9.18. The van der Waals surface area contributed by atoms with Crippen molar-refractivity contribution >= 4 is 0 Å². The van der Waals surface area contributed by atoms with E-state index in [0.29, 0.717) is 11.7 Å².